The smallest absolute Gasteiger partial charge is 0.254 e. The van der Waals surface area contributed by atoms with Gasteiger partial charge in [-0.25, -0.2) is 0 Å². The van der Waals surface area contributed by atoms with E-state index in [1.54, 1.807) is 11.0 Å². The Labute approximate surface area is 107 Å². The number of benzene rings is 1. The number of rotatable bonds is 2. The first-order valence-corrected chi connectivity index (χ1v) is 6.24. The van der Waals surface area contributed by atoms with Crippen molar-refractivity contribution in [3.05, 3.63) is 28.2 Å². The van der Waals surface area contributed by atoms with Gasteiger partial charge >= 0.3 is 0 Å². The fraction of sp³-hybridized carbons (Fsp3) is 0.417. The third-order valence-corrected chi connectivity index (χ3v) is 3.38. The summed E-state index contributed by atoms with van der Waals surface area (Å²) in [7, 11) is 0. The van der Waals surface area contributed by atoms with Crippen LogP contribution in [0, 0.1) is 5.92 Å². The zero-order valence-electron chi connectivity index (χ0n) is 9.20. The Morgan fingerprint density at radius 1 is 1.53 bits per heavy atom. The maximum atomic E-state index is 12.5. The van der Waals surface area contributed by atoms with Crippen molar-refractivity contribution in [3.63, 3.8) is 0 Å². The Balaban J connectivity index is 2.14. The molecule has 1 atom stereocenters. The Morgan fingerprint density at radius 2 is 2.29 bits per heavy atom. The Hall–Kier alpha value is -1.10. The topological polar surface area (TPSA) is 40.5 Å². The van der Waals surface area contributed by atoms with Crippen molar-refractivity contribution in [2.24, 2.45) is 5.92 Å². The SMILES string of the molecule is O=C(c1cc(O)cc(Br)c1)N1CCC(CF)C1. The molecule has 1 fully saturated rings. The van der Waals surface area contributed by atoms with Gasteiger partial charge in [-0.1, -0.05) is 15.9 Å². The van der Waals surface area contributed by atoms with Crippen LogP contribution < -0.4 is 0 Å². The van der Waals surface area contributed by atoms with Gasteiger partial charge in [0.05, 0.1) is 6.67 Å². The highest BCUT2D eigenvalue weighted by atomic mass is 79.9. The van der Waals surface area contributed by atoms with Crippen molar-refractivity contribution in [3.8, 4) is 5.75 Å². The lowest BCUT2D eigenvalue weighted by molar-refractivity contribution is 0.0785. The first-order chi connectivity index (χ1) is 8.10. The molecule has 17 heavy (non-hydrogen) atoms. The number of hydrogen-bond acceptors (Lipinski definition) is 2. The van der Waals surface area contributed by atoms with E-state index in [4.69, 9.17) is 0 Å². The largest absolute Gasteiger partial charge is 0.508 e. The fourth-order valence-electron chi connectivity index (χ4n) is 2.02. The van der Waals surface area contributed by atoms with E-state index < -0.39 is 0 Å². The minimum Gasteiger partial charge on any atom is -0.508 e. The molecule has 1 N–H and O–H groups in total. The van der Waals surface area contributed by atoms with E-state index in [-0.39, 0.29) is 24.2 Å². The fourth-order valence-corrected chi connectivity index (χ4v) is 2.50. The number of hydrogen-bond donors (Lipinski definition) is 1. The second kappa shape index (κ2) is 5.04. The molecule has 1 saturated heterocycles. The van der Waals surface area contributed by atoms with Gasteiger partial charge in [0.25, 0.3) is 5.91 Å². The van der Waals surface area contributed by atoms with Crippen LogP contribution in [0.15, 0.2) is 22.7 Å². The zero-order chi connectivity index (χ0) is 12.4. The van der Waals surface area contributed by atoms with Crippen LogP contribution in [-0.2, 0) is 0 Å². The number of amides is 1. The van der Waals surface area contributed by atoms with Gasteiger partial charge in [0.2, 0.25) is 0 Å². The molecule has 2 rings (SSSR count). The zero-order valence-corrected chi connectivity index (χ0v) is 10.8. The molecule has 0 aliphatic carbocycles. The highest BCUT2D eigenvalue weighted by Crippen LogP contribution is 2.24. The summed E-state index contributed by atoms with van der Waals surface area (Å²) < 4.78 is 13.1. The molecule has 0 bridgehead atoms. The quantitative estimate of drug-likeness (QED) is 0.912. The molecular weight excluding hydrogens is 289 g/mol. The summed E-state index contributed by atoms with van der Waals surface area (Å²) in [6.45, 7) is 0.664. The number of phenols is 1. The molecule has 0 saturated carbocycles. The highest BCUT2D eigenvalue weighted by molar-refractivity contribution is 9.10. The van der Waals surface area contributed by atoms with Crippen LogP contribution in [0.4, 0.5) is 4.39 Å². The molecule has 1 aliphatic heterocycles. The van der Waals surface area contributed by atoms with Gasteiger partial charge in [0, 0.05) is 29.0 Å². The van der Waals surface area contributed by atoms with Crippen LogP contribution >= 0.6 is 15.9 Å². The van der Waals surface area contributed by atoms with Gasteiger partial charge in [0.15, 0.2) is 0 Å². The molecule has 5 heteroatoms. The van der Waals surface area contributed by atoms with Crippen LogP contribution in [0.2, 0.25) is 0 Å². The number of aromatic hydroxyl groups is 1. The molecule has 3 nitrogen and oxygen atoms in total. The van der Waals surface area contributed by atoms with Gasteiger partial charge in [0.1, 0.15) is 5.75 Å². The summed E-state index contributed by atoms with van der Waals surface area (Å²) >= 11 is 3.22. The van der Waals surface area contributed by atoms with Gasteiger partial charge in [-0.3, -0.25) is 9.18 Å². The predicted molar refractivity (Wildman–Crippen MR) is 65.8 cm³/mol. The molecule has 1 unspecified atom stereocenters. The number of nitrogens with zero attached hydrogens (tertiary/aromatic N) is 1. The summed E-state index contributed by atoms with van der Waals surface area (Å²) in [5, 5.41) is 9.42. The molecule has 1 aromatic rings. The maximum absolute atomic E-state index is 12.5. The lowest BCUT2D eigenvalue weighted by atomic mass is 10.1. The van der Waals surface area contributed by atoms with Gasteiger partial charge in [-0.2, -0.15) is 0 Å². The van der Waals surface area contributed by atoms with E-state index in [9.17, 15) is 14.3 Å². The molecule has 0 spiro atoms. The third-order valence-electron chi connectivity index (χ3n) is 2.92. The third kappa shape index (κ3) is 2.77. The Morgan fingerprint density at radius 3 is 2.88 bits per heavy atom. The second-order valence-electron chi connectivity index (χ2n) is 4.26. The second-order valence-corrected chi connectivity index (χ2v) is 5.17. The lowest BCUT2D eigenvalue weighted by Gasteiger charge is -2.16. The van der Waals surface area contributed by atoms with Crippen LogP contribution in [0.25, 0.3) is 0 Å². The van der Waals surface area contributed by atoms with E-state index in [2.05, 4.69) is 15.9 Å². The average Bonchev–Trinajstić information content (AvgIpc) is 2.75. The van der Waals surface area contributed by atoms with Gasteiger partial charge in [-0.15, -0.1) is 0 Å². The number of likely N-dealkylation sites (tertiary alicyclic amines) is 1. The summed E-state index contributed by atoms with van der Waals surface area (Å²) in [6.07, 6.45) is 0.711. The van der Waals surface area contributed by atoms with Crippen molar-refractivity contribution in [2.45, 2.75) is 6.42 Å². The van der Waals surface area contributed by atoms with Crippen LogP contribution in [0.5, 0.6) is 5.75 Å². The maximum Gasteiger partial charge on any atom is 0.254 e. The van der Waals surface area contributed by atoms with E-state index in [0.717, 1.165) is 0 Å². The van der Waals surface area contributed by atoms with Crippen molar-refractivity contribution < 1.29 is 14.3 Å². The molecule has 1 aromatic carbocycles. The number of carbonyl (C=O) groups excluding carboxylic acids is 1. The molecule has 1 heterocycles. The Kier molecular flexibility index (Phi) is 3.66. The minimum atomic E-state index is -0.381. The highest BCUT2D eigenvalue weighted by Gasteiger charge is 2.27. The van der Waals surface area contributed by atoms with Crippen molar-refractivity contribution in [1.29, 1.82) is 0 Å². The van der Waals surface area contributed by atoms with E-state index in [1.165, 1.54) is 12.1 Å². The predicted octanol–water partition coefficient (Wildman–Crippen LogP) is 2.59. The van der Waals surface area contributed by atoms with Crippen molar-refractivity contribution in [1.82, 2.24) is 4.90 Å². The molecular formula is C12H13BrFNO2. The van der Waals surface area contributed by atoms with Crippen LogP contribution in [0.3, 0.4) is 0 Å². The minimum absolute atomic E-state index is 0.0419. The molecule has 0 radical (unpaired) electrons. The van der Waals surface area contributed by atoms with E-state index in [0.29, 0.717) is 29.5 Å². The molecule has 0 aromatic heterocycles. The standard InChI is InChI=1S/C12H13BrFNO2/c13-10-3-9(4-11(16)5-10)12(17)15-2-1-8(6-14)7-15/h3-5,8,16H,1-2,6-7H2. The normalized spacial score (nSPS) is 19.6. The van der Waals surface area contributed by atoms with Crippen molar-refractivity contribution in [2.75, 3.05) is 19.8 Å². The molecule has 1 aliphatic rings. The van der Waals surface area contributed by atoms with Crippen molar-refractivity contribution >= 4 is 21.8 Å². The van der Waals surface area contributed by atoms with Gasteiger partial charge in [-0.05, 0) is 24.6 Å². The average molecular weight is 302 g/mol. The van der Waals surface area contributed by atoms with E-state index in [1.807, 2.05) is 0 Å². The number of carbonyl (C=O) groups is 1. The molecule has 92 valence electrons. The first kappa shape index (κ1) is 12.4. The monoisotopic (exact) mass is 301 g/mol. The van der Waals surface area contributed by atoms with Crippen LogP contribution in [0.1, 0.15) is 16.8 Å². The van der Waals surface area contributed by atoms with Crippen LogP contribution in [-0.4, -0.2) is 35.7 Å². The molecule has 1 amide bonds. The number of halogens is 2. The summed E-state index contributed by atoms with van der Waals surface area (Å²) in [5.41, 5.74) is 0.427. The first-order valence-electron chi connectivity index (χ1n) is 5.45. The summed E-state index contributed by atoms with van der Waals surface area (Å²) in [4.78, 5) is 13.7. The van der Waals surface area contributed by atoms with E-state index >= 15 is 0 Å². The number of phenolic OH excluding ortho intramolecular Hbond substituents is 1. The van der Waals surface area contributed by atoms with Gasteiger partial charge < -0.3 is 10.0 Å². The summed E-state index contributed by atoms with van der Waals surface area (Å²) in [5.74, 6) is -0.152. The summed E-state index contributed by atoms with van der Waals surface area (Å²) in [6, 6.07) is 4.60. The lowest BCUT2D eigenvalue weighted by Crippen LogP contribution is -2.28. The Bertz CT molecular complexity index is 418. The number of alkyl halides is 1.